The summed E-state index contributed by atoms with van der Waals surface area (Å²) in [6.45, 7) is 2.03. The molecule has 7 heteroatoms. The Kier molecular flexibility index (Phi) is 6.01. The van der Waals surface area contributed by atoms with Crippen molar-refractivity contribution in [3.8, 4) is 0 Å². The van der Waals surface area contributed by atoms with Crippen LogP contribution >= 0.6 is 0 Å². The maximum atomic E-state index is 12.0. The lowest BCUT2D eigenvalue weighted by molar-refractivity contribution is -0.136. The average Bonchev–Trinajstić information content (AvgIpc) is 2.61. The molecule has 0 radical (unpaired) electrons. The summed E-state index contributed by atoms with van der Waals surface area (Å²) in [5.41, 5.74) is 1.03. The van der Waals surface area contributed by atoms with Gasteiger partial charge in [0.1, 0.15) is 0 Å². The quantitative estimate of drug-likeness (QED) is 0.641. The fourth-order valence-electron chi connectivity index (χ4n) is 1.91. The normalized spacial score (nSPS) is 9.88. The molecule has 1 aromatic carbocycles. The molecule has 0 spiro atoms. The Morgan fingerprint density at radius 1 is 1.04 bits per heavy atom. The van der Waals surface area contributed by atoms with E-state index in [9.17, 15) is 14.4 Å². The molecule has 2 amide bonds. The van der Waals surface area contributed by atoms with Crippen LogP contribution in [0.15, 0.2) is 48.7 Å². The van der Waals surface area contributed by atoms with Crippen molar-refractivity contribution < 1.29 is 19.1 Å². The second-order valence-electron chi connectivity index (χ2n) is 4.72. The Hall–Kier alpha value is -3.22. The Bertz CT molecular complexity index is 732. The molecule has 7 nitrogen and oxygen atoms in total. The lowest BCUT2D eigenvalue weighted by Crippen LogP contribution is -2.35. The summed E-state index contributed by atoms with van der Waals surface area (Å²) in [6.07, 6.45) is 1.59. The summed E-state index contributed by atoms with van der Waals surface area (Å²) in [5, 5.41) is 4.88. The number of ether oxygens (including phenoxy) is 1. The van der Waals surface area contributed by atoms with Gasteiger partial charge in [-0.25, -0.2) is 4.79 Å². The summed E-state index contributed by atoms with van der Waals surface area (Å²) in [4.78, 5) is 39.7. The van der Waals surface area contributed by atoms with Crippen LogP contribution in [-0.2, 0) is 20.9 Å². The number of benzene rings is 1. The van der Waals surface area contributed by atoms with Gasteiger partial charge >= 0.3 is 17.8 Å². The van der Waals surface area contributed by atoms with Crippen molar-refractivity contribution in [2.24, 2.45) is 0 Å². The lowest BCUT2D eigenvalue weighted by atomic mass is 10.2. The number of hydrogen-bond acceptors (Lipinski definition) is 5. The van der Waals surface area contributed by atoms with Crippen molar-refractivity contribution in [3.05, 3.63) is 59.9 Å². The molecule has 0 aliphatic heterocycles. The maximum absolute atomic E-state index is 12.0. The highest BCUT2D eigenvalue weighted by molar-refractivity contribution is 6.39. The zero-order valence-corrected chi connectivity index (χ0v) is 13.1. The molecule has 0 saturated heterocycles. The molecule has 0 aliphatic rings. The summed E-state index contributed by atoms with van der Waals surface area (Å²) >= 11 is 0. The molecule has 0 aliphatic carbocycles. The van der Waals surface area contributed by atoms with Gasteiger partial charge in [0.25, 0.3) is 0 Å². The minimum Gasteiger partial charge on any atom is -0.462 e. The zero-order valence-electron chi connectivity index (χ0n) is 13.1. The van der Waals surface area contributed by atoms with Crippen LogP contribution in [0.1, 0.15) is 23.0 Å². The topological polar surface area (TPSA) is 97.4 Å². The molecule has 2 rings (SSSR count). The number of para-hydroxylation sites is 1. The number of nitrogens with zero attached hydrogens (tertiary/aromatic N) is 1. The highest BCUT2D eigenvalue weighted by Crippen LogP contribution is 2.16. The number of hydrogen-bond donors (Lipinski definition) is 2. The van der Waals surface area contributed by atoms with E-state index < -0.39 is 17.8 Å². The van der Waals surface area contributed by atoms with Crippen LogP contribution < -0.4 is 10.6 Å². The van der Waals surface area contributed by atoms with Gasteiger partial charge in [0.2, 0.25) is 0 Å². The van der Waals surface area contributed by atoms with Gasteiger partial charge in [0.05, 0.1) is 30.1 Å². The van der Waals surface area contributed by atoms with Crippen LogP contribution in [0.25, 0.3) is 0 Å². The van der Waals surface area contributed by atoms with Crippen molar-refractivity contribution in [3.63, 3.8) is 0 Å². The van der Waals surface area contributed by atoms with Crippen LogP contribution in [0.2, 0.25) is 0 Å². The first-order valence-electron chi connectivity index (χ1n) is 7.37. The van der Waals surface area contributed by atoms with Gasteiger partial charge in [0, 0.05) is 6.20 Å². The smallest absolute Gasteiger partial charge is 0.340 e. The van der Waals surface area contributed by atoms with Gasteiger partial charge in [-0.15, -0.1) is 0 Å². The fourth-order valence-corrected chi connectivity index (χ4v) is 1.91. The molecule has 2 aromatic rings. The Balaban J connectivity index is 1.99. The third-order valence-corrected chi connectivity index (χ3v) is 3.03. The van der Waals surface area contributed by atoms with Crippen molar-refractivity contribution in [1.29, 1.82) is 0 Å². The Morgan fingerprint density at radius 3 is 2.50 bits per heavy atom. The number of rotatable bonds is 5. The van der Waals surface area contributed by atoms with Crippen LogP contribution in [0.3, 0.4) is 0 Å². The molecule has 0 bridgehead atoms. The van der Waals surface area contributed by atoms with E-state index in [1.54, 1.807) is 43.5 Å². The number of esters is 1. The molecule has 0 fully saturated rings. The number of aromatic nitrogens is 1. The second-order valence-corrected chi connectivity index (χ2v) is 4.72. The third kappa shape index (κ3) is 4.64. The summed E-state index contributed by atoms with van der Waals surface area (Å²) in [7, 11) is 0. The molecule has 24 heavy (non-hydrogen) atoms. The first-order chi connectivity index (χ1) is 11.6. The standard InChI is InChI=1S/C17H17N3O4/c1-2-24-17(23)13-8-3-4-9-14(13)20-16(22)15(21)19-11-12-7-5-6-10-18-12/h3-10H,2,11H2,1H3,(H,19,21)(H,20,22). The molecule has 124 valence electrons. The van der Waals surface area contributed by atoms with Gasteiger partial charge in [-0.1, -0.05) is 18.2 Å². The monoisotopic (exact) mass is 327 g/mol. The number of amides is 2. The first kappa shape index (κ1) is 17.1. The first-order valence-corrected chi connectivity index (χ1v) is 7.37. The van der Waals surface area contributed by atoms with E-state index in [1.807, 2.05) is 0 Å². The van der Waals surface area contributed by atoms with Crippen molar-refractivity contribution in [2.45, 2.75) is 13.5 Å². The predicted octanol–water partition coefficient (Wildman–Crippen LogP) is 1.51. The molecule has 2 N–H and O–H groups in total. The molecule has 0 unspecified atom stereocenters. The minimum atomic E-state index is -0.873. The van der Waals surface area contributed by atoms with E-state index in [4.69, 9.17) is 4.74 Å². The summed E-state index contributed by atoms with van der Waals surface area (Å²) in [5.74, 6) is -2.26. The van der Waals surface area contributed by atoms with Crippen LogP contribution in [0.5, 0.6) is 0 Å². The summed E-state index contributed by atoms with van der Waals surface area (Å²) < 4.78 is 4.92. The maximum Gasteiger partial charge on any atom is 0.340 e. The summed E-state index contributed by atoms with van der Waals surface area (Å²) in [6, 6.07) is 11.6. The molecule has 0 atom stereocenters. The van der Waals surface area contributed by atoms with Crippen molar-refractivity contribution in [1.82, 2.24) is 10.3 Å². The van der Waals surface area contributed by atoms with Gasteiger partial charge in [-0.2, -0.15) is 0 Å². The van der Waals surface area contributed by atoms with Crippen LogP contribution in [-0.4, -0.2) is 29.4 Å². The van der Waals surface area contributed by atoms with Gasteiger partial charge < -0.3 is 15.4 Å². The Labute approximate surface area is 139 Å². The Morgan fingerprint density at radius 2 is 1.79 bits per heavy atom. The molecular weight excluding hydrogens is 310 g/mol. The fraction of sp³-hybridized carbons (Fsp3) is 0.176. The van der Waals surface area contributed by atoms with E-state index in [0.717, 1.165) is 0 Å². The van der Waals surface area contributed by atoms with Crippen molar-refractivity contribution >= 4 is 23.5 Å². The highest BCUT2D eigenvalue weighted by atomic mass is 16.5. The highest BCUT2D eigenvalue weighted by Gasteiger charge is 2.18. The van der Waals surface area contributed by atoms with Crippen molar-refractivity contribution in [2.75, 3.05) is 11.9 Å². The third-order valence-electron chi connectivity index (χ3n) is 3.03. The van der Waals surface area contributed by atoms with E-state index in [2.05, 4.69) is 15.6 Å². The van der Waals surface area contributed by atoms with Crippen LogP contribution in [0.4, 0.5) is 5.69 Å². The van der Waals surface area contributed by atoms with Gasteiger partial charge in [0.15, 0.2) is 0 Å². The molecule has 0 saturated carbocycles. The zero-order chi connectivity index (χ0) is 17.4. The van der Waals surface area contributed by atoms with E-state index in [0.29, 0.717) is 5.69 Å². The number of nitrogens with one attached hydrogen (secondary N) is 2. The second kappa shape index (κ2) is 8.42. The average molecular weight is 327 g/mol. The van der Waals surface area contributed by atoms with Gasteiger partial charge in [-0.3, -0.25) is 14.6 Å². The van der Waals surface area contributed by atoms with E-state index >= 15 is 0 Å². The minimum absolute atomic E-state index is 0.132. The largest absolute Gasteiger partial charge is 0.462 e. The molecular formula is C17H17N3O4. The molecule has 1 aromatic heterocycles. The number of anilines is 1. The predicted molar refractivity (Wildman–Crippen MR) is 87.1 cm³/mol. The SMILES string of the molecule is CCOC(=O)c1ccccc1NC(=O)C(=O)NCc1ccccn1. The number of carbonyl (C=O) groups is 3. The number of carbonyl (C=O) groups excluding carboxylic acids is 3. The number of pyridine rings is 1. The van der Waals surface area contributed by atoms with Gasteiger partial charge in [-0.05, 0) is 31.2 Å². The lowest BCUT2D eigenvalue weighted by Gasteiger charge is -2.10. The van der Waals surface area contributed by atoms with Crippen LogP contribution in [0, 0.1) is 0 Å². The van der Waals surface area contributed by atoms with E-state index in [-0.39, 0.29) is 24.4 Å². The van der Waals surface area contributed by atoms with E-state index in [1.165, 1.54) is 12.1 Å². The molecule has 1 heterocycles.